The number of nitrogens with zero attached hydrogens (tertiary/aromatic N) is 4. The maximum absolute atomic E-state index is 12.7. The van der Waals surface area contributed by atoms with Crippen LogP contribution in [-0.4, -0.2) is 44.0 Å². The first-order valence-corrected chi connectivity index (χ1v) is 9.38. The number of hydrogen-bond donors (Lipinski definition) is 1. The Morgan fingerprint density at radius 3 is 2.39 bits per heavy atom. The Kier molecular flexibility index (Phi) is 4.09. The smallest absolute Gasteiger partial charge is 0.410 e. The van der Waals surface area contributed by atoms with Gasteiger partial charge in [-0.05, 0) is 22.3 Å². The fourth-order valence-corrected chi connectivity index (χ4v) is 4.18. The second-order valence-electron chi connectivity index (χ2n) is 7.07. The zero-order valence-corrected chi connectivity index (χ0v) is 15.3. The fourth-order valence-electron chi connectivity index (χ4n) is 4.18. The van der Waals surface area contributed by atoms with Crippen LogP contribution in [0.15, 0.2) is 48.5 Å². The van der Waals surface area contributed by atoms with Crippen molar-refractivity contribution in [3.8, 4) is 11.1 Å². The third kappa shape index (κ3) is 2.66. The Balaban J connectivity index is 1.31. The minimum Gasteiger partial charge on any atom is -0.448 e. The van der Waals surface area contributed by atoms with Crippen LogP contribution in [-0.2, 0) is 24.4 Å². The van der Waals surface area contributed by atoms with Gasteiger partial charge in [0.05, 0.1) is 6.54 Å². The Morgan fingerprint density at radius 2 is 1.71 bits per heavy atom. The van der Waals surface area contributed by atoms with Crippen LogP contribution < -0.4 is 0 Å². The van der Waals surface area contributed by atoms with E-state index in [2.05, 4.69) is 34.5 Å². The highest BCUT2D eigenvalue weighted by Gasteiger charge is 2.31. The number of carbonyl (C=O) groups excluding carboxylic acids is 1. The van der Waals surface area contributed by atoms with Gasteiger partial charge in [0, 0.05) is 19.0 Å². The highest BCUT2D eigenvalue weighted by Crippen LogP contribution is 2.44. The molecule has 0 atom stereocenters. The lowest BCUT2D eigenvalue weighted by Crippen LogP contribution is -2.39. The topological polar surface area (TPSA) is 80.5 Å². The Labute approximate surface area is 162 Å². The van der Waals surface area contributed by atoms with Crippen LogP contribution in [0.1, 0.15) is 28.7 Å². The first-order chi connectivity index (χ1) is 13.8. The quantitative estimate of drug-likeness (QED) is 0.760. The number of fused-ring (bicyclic) bond motifs is 4. The molecule has 2 aromatic carbocycles. The molecule has 0 saturated heterocycles. The lowest BCUT2D eigenvalue weighted by atomic mass is 9.98. The highest BCUT2D eigenvalue weighted by atomic mass is 16.6. The number of amides is 1. The summed E-state index contributed by atoms with van der Waals surface area (Å²) in [5.41, 5.74) is 4.81. The van der Waals surface area contributed by atoms with Crippen molar-refractivity contribution in [1.82, 2.24) is 19.7 Å². The number of aromatic nitrogens is 3. The molecule has 1 aliphatic heterocycles. The summed E-state index contributed by atoms with van der Waals surface area (Å²) in [7, 11) is 0. The molecule has 5 rings (SSSR count). The molecule has 0 saturated carbocycles. The van der Waals surface area contributed by atoms with Gasteiger partial charge in [-0.25, -0.2) is 4.79 Å². The predicted octanol–water partition coefficient (Wildman–Crippen LogP) is 2.54. The maximum Gasteiger partial charge on any atom is 0.410 e. The average Bonchev–Trinajstić information content (AvgIpc) is 3.30. The van der Waals surface area contributed by atoms with Crippen molar-refractivity contribution in [2.45, 2.75) is 25.6 Å². The second kappa shape index (κ2) is 6.76. The van der Waals surface area contributed by atoms with E-state index in [4.69, 9.17) is 4.74 Å². The molecule has 0 bridgehead atoms. The molecule has 0 radical (unpaired) electrons. The maximum atomic E-state index is 12.7. The molecule has 7 heteroatoms. The summed E-state index contributed by atoms with van der Waals surface area (Å²) in [6.07, 6.45) is -0.346. The van der Waals surface area contributed by atoms with Crippen molar-refractivity contribution in [2.24, 2.45) is 0 Å². The van der Waals surface area contributed by atoms with Crippen molar-refractivity contribution >= 4 is 6.09 Å². The van der Waals surface area contributed by atoms with E-state index < -0.39 is 0 Å². The molecule has 3 aromatic rings. The van der Waals surface area contributed by atoms with E-state index in [0.717, 1.165) is 0 Å². The van der Waals surface area contributed by atoms with Crippen LogP contribution in [0.4, 0.5) is 4.79 Å². The molecule has 142 valence electrons. The molecule has 1 N–H and O–H groups in total. The molecule has 1 amide bonds. The number of aliphatic hydroxyl groups is 1. The summed E-state index contributed by atoms with van der Waals surface area (Å²) in [5, 5.41) is 17.3. The molecule has 2 heterocycles. The molecule has 2 aliphatic rings. The molecule has 28 heavy (non-hydrogen) atoms. The van der Waals surface area contributed by atoms with Crippen LogP contribution in [0.5, 0.6) is 0 Å². The lowest BCUT2D eigenvalue weighted by molar-refractivity contribution is 0.0890. The third-order valence-corrected chi connectivity index (χ3v) is 5.57. The van der Waals surface area contributed by atoms with Crippen LogP contribution in [0.25, 0.3) is 11.1 Å². The average molecular weight is 376 g/mol. The van der Waals surface area contributed by atoms with Crippen molar-refractivity contribution < 1.29 is 14.6 Å². The second-order valence-corrected chi connectivity index (χ2v) is 7.07. The van der Waals surface area contributed by atoms with Gasteiger partial charge in [-0.2, -0.15) is 0 Å². The van der Waals surface area contributed by atoms with E-state index in [1.165, 1.54) is 22.3 Å². The summed E-state index contributed by atoms with van der Waals surface area (Å²) < 4.78 is 7.56. The number of carbonyl (C=O) groups is 1. The number of ether oxygens (including phenoxy) is 1. The van der Waals surface area contributed by atoms with Gasteiger partial charge in [0.25, 0.3) is 0 Å². The molecule has 0 spiro atoms. The lowest BCUT2D eigenvalue weighted by Gasteiger charge is -2.27. The summed E-state index contributed by atoms with van der Waals surface area (Å²) in [6.45, 7) is 1.55. The van der Waals surface area contributed by atoms with Crippen LogP contribution in [0.2, 0.25) is 0 Å². The van der Waals surface area contributed by atoms with Gasteiger partial charge in [0.2, 0.25) is 0 Å². The third-order valence-electron chi connectivity index (χ3n) is 5.57. The van der Waals surface area contributed by atoms with Crippen LogP contribution >= 0.6 is 0 Å². The van der Waals surface area contributed by atoms with Gasteiger partial charge in [-0.3, -0.25) is 4.90 Å². The Hall–Kier alpha value is -3.19. The molecular weight excluding hydrogens is 356 g/mol. The molecular formula is C21H20N4O3. The number of rotatable bonds is 3. The van der Waals surface area contributed by atoms with Crippen molar-refractivity contribution in [3.05, 3.63) is 71.3 Å². The van der Waals surface area contributed by atoms with E-state index in [1.54, 1.807) is 4.90 Å². The minimum absolute atomic E-state index is 0.0470. The minimum atomic E-state index is -0.346. The summed E-state index contributed by atoms with van der Waals surface area (Å²) in [4.78, 5) is 14.3. The normalized spacial score (nSPS) is 15.1. The van der Waals surface area contributed by atoms with Crippen molar-refractivity contribution in [3.63, 3.8) is 0 Å². The van der Waals surface area contributed by atoms with E-state index in [0.29, 0.717) is 37.9 Å². The van der Waals surface area contributed by atoms with Gasteiger partial charge in [-0.15, -0.1) is 10.2 Å². The SMILES string of the molecule is O=C(OCC1c2ccccc2-c2ccccc21)N1CCn2c(CO)nnc2C1. The molecule has 7 nitrogen and oxygen atoms in total. The molecule has 1 aliphatic carbocycles. The number of benzene rings is 2. The van der Waals surface area contributed by atoms with Crippen LogP contribution in [0.3, 0.4) is 0 Å². The molecule has 0 unspecified atom stereocenters. The van der Waals surface area contributed by atoms with E-state index in [-0.39, 0.29) is 18.6 Å². The van der Waals surface area contributed by atoms with E-state index >= 15 is 0 Å². The van der Waals surface area contributed by atoms with Crippen LogP contribution in [0, 0.1) is 0 Å². The highest BCUT2D eigenvalue weighted by molar-refractivity contribution is 5.79. The number of hydrogen-bond acceptors (Lipinski definition) is 5. The van der Waals surface area contributed by atoms with E-state index in [9.17, 15) is 9.90 Å². The monoisotopic (exact) mass is 376 g/mol. The van der Waals surface area contributed by atoms with Gasteiger partial charge >= 0.3 is 6.09 Å². The standard InChI is InChI=1S/C21H20N4O3/c26-12-20-23-22-19-11-24(9-10-25(19)20)21(27)28-13-18-16-7-3-1-5-14(16)15-6-2-4-8-17(15)18/h1-8,18,26H,9-13H2. The number of aliphatic hydroxyl groups excluding tert-OH is 1. The van der Waals surface area contributed by atoms with E-state index in [1.807, 2.05) is 28.8 Å². The fraction of sp³-hybridized carbons (Fsp3) is 0.286. The summed E-state index contributed by atoms with van der Waals surface area (Å²) in [5.74, 6) is 1.25. The largest absolute Gasteiger partial charge is 0.448 e. The predicted molar refractivity (Wildman–Crippen MR) is 101 cm³/mol. The van der Waals surface area contributed by atoms with Gasteiger partial charge < -0.3 is 14.4 Å². The molecule has 1 aromatic heterocycles. The zero-order valence-electron chi connectivity index (χ0n) is 15.3. The van der Waals surface area contributed by atoms with Gasteiger partial charge in [-0.1, -0.05) is 48.5 Å². The van der Waals surface area contributed by atoms with Crippen molar-refractivity contribution in [2.75, 3.05) is 13.2 Å². The zero-order chi connectivity index (χ0) is 19.1. The Morgan fingerprint density at radius 1 is 1.04 bits per heavy atom. The van der Waals surface area contributed by atoms with Gasteiger partial charge in [0.15, 0.2) is 11.6 Å². The van der Waals surface area contributed by atoms with Gasteiger partial charge in [0.1, 0.15) is 13.2 Å². The first-order valence-electron chi connectivity index (χ1n) is 9.38. The molecule has 0 fully saturated rings. The first kappa shape index (κ1) is 16.9. The Bertz CT molecular complexity index is 1000. The summed E-state index contributed by atoms with van der Waals surface area (Å²) >= 11 is 0. The van der Waals surface area contributed by atoms with Crippen molar-refractivity contribution in [1.29, 1.82) is 0 Å². The summed E-state index contributed by atoms with van der Waals surface area (Å²) in [6, 6.07) is 16.6.